The zero-order chi connectivity index (χ0) is 19.4. The van der Waals surface area contributed by atoms with E-state index in [1.165, 1.54) is 0 Å². The number of rotatable bonds is 6. The van der Waals surface area contributed by atoms with E-state index in [4.69, 9.17) is 17.2 Å². The first-order valence-corrected chi connectivity index (χ1v) is 8.63. The molecule has 0 saturated carbocycles. The van der Waals surface area contributed by atoms with E-state index in [9.17, 15) is 10.2 Å². The largest absolute Gasteiger partial charge is 0.398 e. The summed E-state index contributed by atoms with van der Waals surface area (Å²) in [5.41, 5.74) is 21.7. The van der Waals surface area contributed by atoms with E-state index in [1.807, 2.05) is 54.6 Å². The van der Waals surface area contributed by atoms with Crippen molar-refractivity contribution < 1.29 is 10.2 Å². The molecule has 140 valence electrons. The van der Waals surface area contributed by atoms with Gasteiger partial charge < -0.3 is 27.4 Å². The lowest BCUT2D eigenvalue weighted by atomic mass is 9.75. The molecule has 27 heavy (non-hydrogen) atoms. The molecule has 3 aromatic rings. The number of nitrogen functional groups attached to an aromatic ring is 3. The molecule has 0 heterocycles. The second-order valence-electron chi connectivity index (χ2n) is 6.37. The molecule has 0 amide bonds. The van der Waals surface area contributed by atoms with E-state index < -0.39 is 11.8 Å². The fourth-order valence-electron chi connectivity index (χ4n) is 3.48. The number of hydrogen-bond acceptors (Lipinski definition) is 6. The van der Waals surface area contributed by atoms with Crippen molar-refractivity contribution in [2.75, 3.05) is 23.7 Å². The Bertz CT molecular complexity index is 816. The van der Waals surface area contributed by atoms with Crippen LogP contribution in [0.4, 0.5) is 17.1 Å². The first kappa shape index (κ1) is 18.7. The molecule has 0 bridgehead atoms. The van der Waals surface area contributed by atoms with Gasteiger partial charge in [-0.05, 0) is 18.2 Å². The van der Waals surface area contributed by atoms with Crippen molar-refractivity contribution in [2.45, 2.75) is 11.8 Å². The Morgan fingerprint density at radius 2 is 1.00 bits per heavy atom. The lowest BCUT2D eigenvalue weighted by Gasteiger charge is -2.39. The van der Waals surface area contributed by atoms with Gasteiger partial charge in [-0.1, -0.05) is 54.6 Å². The van der Waals surface area contributed by atoms with Gasteiger partial charge in [0.15, 0.2) is 6.29 Å². The smallest absolute Gasteiger partial charge is 0.164 e. The highest BCUT2D eigenvalue weighted by molar-refractivity contribution is 5.69. The first-order valence-electron chi connectivity index (χ1n) is 8.63. The maximum atomic E-state index is 9.56. The van der Waals surface area contributed by atoms with Crippen LogP contribution in [0.2, 0.25) is 0 Å². The lowest BCUT2D eigenvalue weighted by molar-refractivity contribution is -0.0401. The molecule has 0 aliphatic rings. The van der Waals surface area contributed by atoms with Crippen LogP contribution in [0.3, 0.4) is 0 Å². The van der Waals surface area contributed by atoms with Crippen LogP contribution in [0.1, 0.15) is 16.7 Å². The SMILES string of the molecule is Nc1ccccc1C(NCC(O)O)(c1ccccc1N)c1ccccc1N. The van der Waals surface area contributed by atoms with Crippen molar-refractivity contribution in [3.8, 4) is 0 Å². The number of aliphatic hydroxyl groups excluding tert-OH is 1. The van der Waals surface area contributed by atoms with Crippen LogP contribution in [0.5, 0.6) is 0 Å². The van der Waals surface area contributed by atoms with E-state index >= 15 is 0 Å². The summed E-state index contributed by atoms with van der Waals surface area (Å²) in [5, 5.41) is 22.4. The molecule has 6 nitrogen and oxygen atoms in total. The number of nitrogens with one attached hydrogen (secondary N) is 1. The number of nitrogens with two attached hydrogens (primary N) is 3. The Labute approximate surface area is 158 Å². The molecular weight excluding hydrogens is 340 g/mol. The molecule has 0 atom stereocenters. The normalized spacial score (nSPS) is 11.7. The predicted octanol–water partition coefficient (Wildman–Crippen LogP) is 1.63. The molecule has 6 heteroatoms. The predicted molar refractivity (Wildman–Crippen MR) is 109 cm³/mol. The molecule has 3 aromatic carbocycles. The van der Waals surface area contributed by atoms with Crippen LogP contribution in [0.25, 0.3) is 0 Å². The van der Waals surface area contributed by atoms with Gasteiger partial charge in [0.05, 0.1) is 0 Å². The summed E-state index contributed by atoms with van der Waals surface area (Å²) in [7, 11) is 0. The van der Waals surface area contributed by atoms with Crippen molar-refractivity contribution in [1.82, 2.24) is 5.32 Å². The summed E-state index contributed by atoms with van der Waals surface area (Å²) < 4.78 is 0. The maximum Gasteiger partial charge on any atom is 0.164 e. The van der Waals surface area contributed by atoms with Gasteiger partial charge in [-0.3, -0.25) is 5.32 Å². The van der Waals surface area contributed by atoms with Gasteiger partial charge in [-0.15, -0.1) is 0 Å². The second kappa shape index (κ2) is 7.67. The maximum absolute atomic E-state index is 9.56. The number of para-hydroxylation sites is 3. The molecule has 0 unspecified atom stereocenters. The fraction of sp³-hybridized carbons (Fsp3) is 0.143. The van der Waals surface area contributed by atoms with Crippen LogP contribution in [0, 0.1) is 0 Å². The standard InChI is InChI=1S/C21H24N4O2/c22-17-10-4-1-7-14(17)21(25-13-20(26)27,15-8-2-5-11-18(15)23)16-9-3-6-12-19(16)24/h1-12,20,25-27H,13,22-24H2. The topological polar surface area (TPSA) is 131 Å². The van der Waals surface area contributed by atoms with Gasteiger partial charge in [0, 0.05) is 40.3 Å². The van der Waals surface area contributed by atoms with Crippen LogP contribution < -0.4 is 22.5 Å². The van der Waals surface area contributed by atoms with Gasteiger partial charge >= 0.3 is 0 Å². The molecule has 0 fully saturated rings. The van der Waals surface area contributed by atoms with E-state index in [1.54, 1.807) is 18.2 Å². The minimum atomic E-state index is -1.57. The third-order valence-electron chi connectivity index (χ3n) is 4.64. The highest BCUT2D eigenvalue weighted by Crippen LogP contribution is 2.43. The minimum Gasteiger partial charge on any atom is -0.398 e. The number of aliphatic hydroxyl groups is 2. The van der Waals surface area contributed by atoms with Crippen molar-refractivity contribution in [3.05, 3.63) is 89.5 Å². The Hall–Kier alpha value is -3.06. The second-order valence-corrected chi connectivity index (χ2v) is 6.37. The summed E-state index contributed by atoms with van der Waals surface area (Å²) in [5.74, 6) is 0. The Kier molecular flexibility index (Phi) is 5.32. The highest BCUT2D eigenvalue weighted by Gasteiger charge is 2.40. The summed E-state index contributed by atoms with van der Waals surface area (Å²) in [6, 6.07) is 22.1. The lowest BCUT2D eigenvalue weighted by Crippen LogP contribution is -2.48. The monoisotopic (exact) mass is 364 g/mol. The summed E-state index contributed by atoms with van der Waals surface area (Å²) in [4.78, 5) is 0. The Morgan fingerprint density at radius 3 is 1.30 bits per heavy atom. The summed E-state index contributed by atoms with van der Waals surface area (Å²) >= 11 is 0. The third-order valence-corrected chi connectivity index (χ3v) is 4.64. The molecule has 0 aromatic heterocycles. The van der Waals surface area contributed by atoms with Crippen LogP contribution in [-0.2, 0) is 5.54 Å². The number of benzene rings is 3. The number of anilines is 3. The van der Waals surface area contributed by atoms with Gasteiger partial charge in [0.25, 0.3) is 0 Å². The van der Waals surface area contributed by atoms with Crippen molar-refractivity contribution in [2.24, 2.45) is 0 Å². The van der Waals surface area contributed by atoms with Crippen LogP contribution >= 0.6 is 0 Å². The molecule has 9 N–H and O–H groups in total. The van der Waals surface area contributed by atoms with Crippen molar-refractivity contribution in [3.63, 3.8) is 0 Å². The first-order chi connectivity index (χ1) is 13.0. The van der Waals surface area contributed by atoms with E-state index in [-0.39, 0.29) is 6.54 Å². The Morgan fingerprint density at radius 1 is 0.667 bits per heavy atom. The highest BCUT2D eigenvalue weighted by atomic mass is 16.5. The zero-order valence-corrected chi connectivity index (χ0v) is 14.8. The molecular formula is C21H24N4O2. The van der Waals surface area contributed by atoms with Gasteiger partial charge in [-0.25, -0.2) is 0 Å². The number of hydrogen-bond donors (Lipinski definition) is 6. The fourth-order valence-corrected chi connectivity index (χ4v) is 3.48. The quantitative estimate of drug-likeness (QED) is 0.224. The molecule has 0 aliphatic heterocycles. The van der Waals surface area contributed by atoms with E-state index in [0.717, 1.165) is 16.7 Å². The van der Waals surface area contributed by atoms with E-state index in [0.29, 0.717) is 17.1 Å². The summed E-state index contributed by atoms with van der Waals surface area (Å²) in [6.45, 7) is -0.114. The molecule has 3 rings (SSSR count). The van der Waals surface area contributed by atoms with Crippen molar-refractivity contribution in [1.29, 1.82) is 0 Å². The molecule has 0 saturated heterocycles. The van der Waals surface area contributed by atoms with Gasteiger partial charge in [0.1, 0.15) is 5.54 Å². The van der Waals surface area contributed by atoms with Crippen molar-refractivity contribution >= 4 is 17.1 Å². The van der Waals surface area contributed by atoms with Gasteiger partial charge in [-0.2, -0.15) is 0 Å². The molecule has 0 radical (unpaired) electrons. The van der Waals surface area contributed by atoms with E-state index in [2.05, 4.69) is 5.32 Å². The summed E-state index contributed by atoms with van der Waals surface area (Å²) in [6.07, 6.45) is -1.57. The minimum absolute atomic E-state index is 0.114. The van der Waals surface area contributed by atoms with Crippen LogP contribution in [0.15, 0.2) is 72.8 Å². The molecule has 0 aliphatic carbocycles. The molecule has 0 spiro atoms. The average Bonchev–Trinajstić information content (AvgIpc) is 2.65. The zero-order valence-electron chi connectivity index (χ0n) is 14.8. The Balaban J connectivity index is 2.40. The van der Waals surface area contributed by atoms with Crippen LogP contribution in [-0.4, -0.2) is 23.0 Å². The average molecular weight is 364 g/mol. The van der Waals surface area contributed by atoms with Gasteiger partial charge in [0.2, 0.25) is 0 Å². The third kappa shape index (κ3) is 3.46.